The van der Waals surface area contributed by atoms with Crippen LogP contribution in [0.15, 0.2) is 51.7 Å². The van der Waals surface area contributed by atoms with Crippen molar-refractivity contribution in [2.75, 3.05) is 0 Å². The first-order valence-electron chi connectivity index (χ1n) is 6.85. The largest absolute Gasteiger partial charge is 0.508 e. The van der Waals surface area contributed by atoms with Gasteiger partial charge in [0, 0.05) is 23.4 Å². The minimum atomic E-state index is -0.342. The number of benzene rings is 2. The fraction of sp³-hybridized carbons (Fsp3) is 0.167. The third kappa shape index (κ3) is 2.55. The Morgan fingerprint density at radius 2 is 1.76 bits per heavy atom. The molecule has 0 saturated heterocycles. The van der Waals surface area contributed by atoms with E-state index >= 15 is 0 Å². The number of aryl methyl sites for hydroxylation is 2. The molecule has 2 aromatic carbocycles. The van der Waals surface area contributed by atoms with Crippen LogP contribution in [0.3, 0.4) is 0 Å². The molecule has 0 radical (unpaired) electrons. The summed E-state index contributed by atoms with van der Waals surface area (Å²) in [5.41, 5.74) is 3.92. The lowest BCUT2D eigenvalue weighted by atomic mass is 9.99. The van der Waals surface area contributed by atoms with Gasteiger partial charge in [0.25, 0.3) is 0 Å². The van der Waals surface area contributed by atoms with Gasteiger partial charge in [-0.1, -0.05) is 29.8 Å². The average molecular weight is 280 g/mol. The lowest BCUT2D eigenvalue weighted by Gasteiger charge is -2.08. The van der Waals surface area contributed by atoms with Crippen LogP contribution in [0.25, 0.3) is 11.0 Å². The summed E-state index contributed by atoms with van der Waals surface area (Å²) in [6.45, 7) is 3.95. The molecule has 3 nitrogen and oxygen atoms in total. The normalized spacial score (nSPS) is 11.0. The van der Waals surface area contributed by atoms with E-state index in [1.807, 2.05) is 38.1 Å². The zero-order valence-electron chi connectivity index (χ0n) is 12.0. The lowest BCUT2D eigenvalue weighted by Crippen LogP contribution is -2.10. The monoisotopic (exact) mass is 280 g/mol. The average Bonchev–Trinajstić information content (AvgIpc) is 2.45. The number of fused-ring (bicyclic) bond motifs is 1. The molecular formula is C18H16O3. The fourth-order valence-electron chi connectivity index (χ4n) is 2.50. The summed E-state index contributed by atoms with van der Waals surface area (Å²) in [5.74, 6) is 0.0938. The van der Waals surface area contributed by atoms with E-state index < -0.39 is 0 Å². The van der Waals surface area contributed by atoms with Crippen LogP contribution in [-0.4, -0.2) is 5.11 Å². The molecule has 1 aromatic heterocycles. The summed E-state index contributed by atoms with van der Waals surface area (Å²) in [6.07, 6.45) is 0.547. The van der Waals surface area contributed by atoms with Crippen LogP contribution in [0.1, 0.15) is 22.3 Å². The van der Waals surface area contributed by atoms with Crippen molar-refractivity contribution in [3.63, 3.8) is 0 Å². The Morgan fingerprint density at radius 1 is 1.05 bits per heavy atom. The van der Waals surface area contributed by atoms with E-state index in [1.165, 1.54) is 11.6 Å². The van der Waals surface area contributed by atoms with Gasteiger partial charge in [0.1, 0.15) is 11.3 Å². The highest BCUT2D eigenvalue weighted by Gasteiger charge is 2.12. The van der Waals surface area contributed by atoms with Gasteiger partial charge in [-0.15, -0.1) is 0 Å². The first kappa shape index (κ1) is 13.4. The zero-order chi connectivity index (χ0) is 15.0. The quantitative estimate of drug-likeness (QED) is 0.728. The topological polar surface area (TPSA) is 50.4 Å². The maximum atomic E-state index is 12.2. The van der Waals surface area contributed by atoms with E-state index in [0.29, 0.717) is 17.6 Å². The van der Waals surface area contributed by atoms with E-state index in [9.17, 15) is 9.90 Å². The van der Waals surface area contributed by atoms with Crippen LogP contribution < -0.4 is 5.63 Å². The van der Waals surface area contributed by atoms with E-state index in [1.54, 1.807) is 12.1 Å². The van der Waals surface area contributed by atoms with Gasteiger partial charge in [-0.05, 0) is 37.1 Å². The standard InChI is InChI=1S/C18H16O3/c1-11-3-5-13(6-4-11)9-16-12(2)15-8-7-14(19)10-17(15)21-18(16)20/h3-8,10,19H,9H2,1-2H3. The molecule has 0 amide bonds. The molecule has 0 unspecified atom stereocenters. The van der Waals surface area contributed by atoms with Gasteiger partial charge in [0.2, 0.25) is 0 Å². The third-order valence-corrected chi connectivity index (χ3v) is 3.77. The first-order valence-corrected chi connectivity index (χ1v) is 6.85. The molecule has 1 N–H and O–H groups in total. The fourth-order valence-corrected chi connectivity index (χ4v) is 2.50. The molecule has 3 heteroatoms. The zero-order valence-corrected chi connectivity index (χ0v) is 12.0. The Morgan fingerprint density at radius 3 is 2.48 bits per heavy atom. The van der Waals surface area contributed by atoms with Crippen molar-refractivity contribution in [1.82, 2.24) is 0 Å². The molecule has 3 rings (SSSR count). The van der Waals surface area contributed by atoms with Crippen molar-refractivity contribution in [2.45, 2.75) is 20.3 Å². The predicted molar refractivity (Wildman–Crippen MR) is 82.9 cm³/mol. The van der Waals surface area contributed by atoms with Crippen LogP contribution in [0, 0.1) is 13.8 Å². The molecule has 0 fully saturated rings. The Balaban J connectivity index is 2.12. The summed E-state index contributed by atoms with van der Waals surface area (Å²) in [5, 5.41) is 10.3. The Hall–Kier alpha value is -2.55. The molecule has 0 aliphatic heterocycles. The number of phenols is 1. The highest BCUT2D eigenvalue weighted by Crippen LogP contribution is 2.24. The van der Waals surface area contributed by atoms with Gasteiger partial charge in [-0.25, -0.2) is 4.79 Å². The predicted octanol–water partition coefficient (Wildman–Crippen LogP) is 3.71. The molecule has 0 aliphatic carbocycles. The molecule has 0 aliphatic rings. The second-order valence-corrected chi connectivity index (χ2v) is 5.34. The van der Waals surface area contributed by atoms with Crippen LogP contribution in [0.5, 0.6) is 5.75 Å². The van der Waals surface area contributed by atoms with Crippen molar-refractivity contribution < 1.29 is 9.52 Å². The summed E-state index contributed by atoms with van der Waals surface area (Å²) in [4.78, 5) is 12.2. The van der Waals surface area contributed by atoms with Gasteiger partial charge >= 0.3 is 5.63 Å². The van der Waals surface area contributed by atoms with Crippen molar-refractivity contribution >= 4 is 11.0 Å². The van der Waals surface area contributed by atoms with Gasteiger partial charge in [0.05, 0.1) is 0 Å². The smallest absolute Gasteiger partial charge is 0.340 e. The van der Waals surface area contributed by atoms with Crippen LogP contribution in [-0.2, 0) is 6.42 Å². The third-order valence-electron chi connectivity index (χ3n) is 3.77. The van der Waals surface area contributed by atoms with E-state index in [-0.39, 0.29) is 11.4 Å². The number of rotatable bonds is 2. The SMILES string of the molecule is Cc1ccc(Cc2c(C)c3ccc(O)cc3oc2=O)cc1. The summed E-state index contributed by atoms with van der Waals surface area (Å²) >= 11 is 0. The maximum absolute atomic E-state index is 12.2. The van der Waals surface area contributed by atoms with Crippen LogP contribution in [0.4, 0.5) is 0 Å². The molecule has 1 heterocycles. The van der Waals surface area contributed by atoms with Crippen molar-refractivity contribution in [2.24, 2.45) is 0 Å². The summed E-state index contributed by atoms with van der Waals surface area (Å²) < 4.78 is 5.33. The van der Waals surface area contributed by atoms with Crippen molar-refractivity contribution in [3.05, 3.63) is 75.1 Å². The summed E-state index contributed by atoms with van der Waals surface area (Å²) in [6, 6.07) is 13.0. The van der Waals surface area contributed by atoms with Gasteiger partial charge in [0.15, 0.2) is 0 Å². The van der Waals surface area contributed by atoms with Crippen molar-refractivity contribution in [3.8, 4) is 5.75 Å². The maximum Gasteiger partial charge on any atom is 0.340 e. The van der Waals surface area contributed by atoms with Crippen LogP contribution in [0.2, 0.25) is 0 Å². The number of aromatic hydroxyl groups is 1. The minimum absolute atomic E-state index is 0.0938. The highest BCUT2D eigenvalue weighted by molar-refractivity contribution is 5.82. The van der Waals surface area contributed by atoms with E-state index in [0.717, 1.165) is 16.5 Å². The Bertz CT molecular complexity index is 858. The molecule has 3 aromatic rings. The number of hydrogen-bond donors (Lipinski definition) is 1. The van der Waals surface area contributed by atoms with Gasteiger partial charge in [-0.2, -0.15) is 0 Å². The number of hydrogen-bond acceptors (Lipinski definition) is 3. The molecule has 0 bridgehead atoms. The lowest BCUT2D eigenvalue weighted by molar-refractivity contribution is 0.472. The van der Waals surface area contributed by atoms with Crippen molar-refractivity contribution in [1.29, 1.82) is 0 Å². The molecule has 21 heavy (non-hydrogen) atoms. The molecule has 0 spiro atoms. The van der Waals surface area contributed by atoms with E-state index in [4.69, 9.17) is 4.42 Å². The first-order chi connectivity index (χ1) is 10.0. The second-order valence-electron chi connectivity index (χ2n) is 5.34. The highest BCUT2D eigenvalue weighted by atomic mass is 16.4. The second kappa shape index (κ2) is 5.09. The molecule has 0 atom stereocenters. The summed E-state index contributed by atoms with van der Waals surface area (Å²) in [7, 11) is 0. The Labute approximate surface area is 122 Å². The van der Waals surface area contributed by atoms with E-state index in [2.05, 4.69) is 0 Å². The van der Waals surface area contributed by atoms with Gasteiger partial charge in [-0.3, -0.25) is 0 Å². The van der Waals surface area contributed by atoms with Gasteiger partial charge < -0.3 is 9.52 Å². The number of phenolic OH excluding ortho intramolecular Hbond substituents is 1. The molecule has 0 saturated carbocycles. The molecular weight excluding hydrogens is 264 g/mol. The minimum Gasteiger partial charge on any atom is -0.508 e. The Kier molecular flexibility index (Phi) is 3.26. The molecule has 106 valence electrons. The van der Waals surface area contributed by atoms with Crippen LogP contribution >= 0.6 is 0 Å².